The first-order chi connectivity index (χ1) is 7.74. The van der Waals surface area contributed by atoms with Crippen LogP contribution in [0.15, 0.2) is 18.2 Å². The van der Waals surface area contributed by atoms with E-state index in [2.05, 4.69) is 12.2 Å². The van der Waals surface area contributed by atoms with E-state index in [-0.39, 0.29) is 5.82 Å². The molecule has 1 fully saturated rings. The van der Waals surface area contributed by atoms with Gasteiger partial charge in [0.1, 0.15) is 5.82 Å². The predicted molar refractivity (Wildman–Crippen MR) is 60.1 cm³/mol. The van der Waals surface area contributed by atoms with E-state index in [0.717, 1.165) is 5.92 Å². The van der Waals surface area contributed by atoms with Crippen molar-refractivity contribution in [3.8, 4) is 6.07 Å². The number of hydrogen-bond acceptors (Lipinski definition) is 2. The quantitative estimate of drug-likeness (QED) is 0.843. The number of halogens is 1. The van der Waals surface area contributed by atoms with Gasteiger partial charge in [0.2, 0.25) is 0 Å². The number of rotatable bonds is 4. The fourth-order valence-corrected chi connectivity index (χ4v) is 1.97. The Morgan fingerprint density at radius 2 is 2.38 bits per heavy atom. The van der Waals surface area contributed by atoms with Crippen LogP contribution in [-0.4, -0.2) is 6.04 Å². The van der Waals surface area contributed by atoms with Gasteiger partial charge in [-0.3, -0.25) is 0 Å². The highest BCUT2D eigenvalue weighted by Crippen LogP contribution is 2.33. The first-order valence-corrected chi connectivity index (χ1v) is 5.66. The molecule has 3 heteroatoms. The lowest BCUT2D eigenvalue weighted by atomic mass is 10.1. The molecular weight excluding hydrogens is 203 g/mol. The van der Waals surface area contributed by atoms with Crippen molar-refractivity contribution in [2.45, 2.75) is 32.4 Å². The third-order valence-electron chi connectivity index (χ3n) is 3.18. The maximum atomic E-state index is 13.4. The second kappa shape index (κ2) is 4.63. The highest BCUT2D eigenvalue weighted by molar-refractivity contribution is 5.33. The van der Waals surface area contributed by atoms with Gasteiger partial charge in [0.15, 0.2) is 0 Å². The number of nitrogens with zero attached hydrogens (tertiary/aromatic N) is 1. The smallest absolute Gasteiger partial charge is 0.127 e. The van der Waals surface area contributed by atoms with Crippen LogP contribution in [0.2, 0.25) is 0 Å². The lowest BCUT2D eigenvalue weighted by Crippen LogP contribution is -2.18. The summed E-state index contributed by atoms with van der Waals surface area (Å²) in [7, 11) is 0. The minimum Gasteiger partial charge on any atom is -0.310 e. The molecule has 0 spiro atoms. The normalized spacial score (nSPS) is 22.8. The molecule has 0 bridgehead atoms. The van der Waals surface area contributed by atoms with Gasteiger partial charge in [-0.2, -0.15) is 5.26 Å². The lowest BCUT2D eigenvalue weighted by molar-refractivity contribution is 0.573. The number of nitriles is 1. The van der Waals surface area contributed by atoms with Crippen LogP contribution < -0.4 is 5.32 Å². The third kappa shape index (κ3) is 2.40. The maximum absolute atomic E-state index is 13.4. The van der Waals surface area contributed by atoms with Gasteiger partial charge >= 0.3 is 0 Å². The number of hydrogen-bond donors (Lipinski definition) is 1. The molecule has 0 aliphatic heterocycles. The zero-order valence-corrected chi connectivity index (χ0v) is 9.33. The van der Waals surface area contributed by atoms with Gasteiger partial charge in [-0.05, 0) is 30.5 Å². The van der Waals surface area contributed by atoms with Crippen LogP contribution in [-0.2, 0) is 6.54 Å². The summed E-state index contributed by atoms with van der Waals surface area (Å²) >= 11 is 0. The second-order valence-corrected chi connectivity index (χ2v) is 4.31. The first-order valence-electron chi connectivity index (χ1n) is 5.66. The Morgan fingerprint density at radius 3 is 3.00 bits per heavy atom. The monoisotopic (exact) mass is 218 g/mol. The van der Waals surface area contributed by atoms with Gasteiger partial charge in [-0.15, -0.1) is 0 Å². The molecule has 2 atom stereocenters. The van der Waals surface area contributed by atoms with Crippen LogP contribution in [0.5, 0.6) is 0 Å². The van der Waals surface area contributed by atoms with Gasteiger partial charge in [0.25, 0.3) is 0 Å². The minimum absolute atomic E-state index is 0.236. The largest absolute Gasteiger partial charge is 0.310 e. The minimum atomic E-state index is -0.236. The van der Waals surface area contributed by atoms with Crippen LogP contribution in [0.4, 0.5) is 4.39 Å². The van der Waals surface area contributed by atoms with Crippen LogP contribution in [0.3, 0.4) is 0 Å². The lowest BCUT2D eigenvalue weighted by Gasteiger charge is -2.05. The zero-order valence-electron chi connectivity index (χ0n) is 9.33. The van der Waals surface area contributed by atoms with Crippen molar-refractivity contribution >= 4 is 0 Å². The molecule has 0 amide bonds. The molecule has 1 N–H and O–H groups in total. The molecule has 2 nitrogen and oxygen atoms in total. The van der Waals surface area contributed by atoms with E-state index in [1.807, 2.05) is 6.07 Å². The zero-order chi connectivity index (χ0) is 11.5. The average molecular weight is 218 g/mol. The number of nitrogens with one attached hydrogen (secondary N) is 1. The Kier molecular flexibility index (Phi) is 3.21. The Bertz CT molecular complexity index is 422. The molecule has 0 radical (unpaired) electrons. The number of benzene rings is 1. The summed E-state index contributed by atoms with van der Waals surface area (Å²) in [4.78, 5) is 0. The highest BCUT2D eigenvalue weighted by atomic mass is 19.1. The predicted octanol–water partition coefficient (Wildman–Crippen LogP) is 2.59. The first kappa shape index (κ1) is 11.1. The van der Waals surface area contributed by atoms with Crippen molar-refractivity contribution in [1.82, 2.24) is 5.32 Å². The third-order valence-corrected chi connectivity index (χ3v) is 3.18. The van der Waals surface area contributed by atoms with Crippen molar-refractivity contribution in [2.75, 3.05) is 0 Å². The second-order valence-electron chi connectivity index (χ2n) is 4.31. The Hall–Kier alpha value is -1.40. The summed E-state index contributed by atoms with van der Waals surface area (Å²) in [5.74, 6) is 0.516. The molecule has 1 aromatic carbocycles. The summed E-state index contributed by atoms with van der Waals surface area (Å²) in [6, 6.07) is 7.04. The van der Waals surface area contributed by atoms with E-state index in [9.17, 15) is 4.39 Å². The summed E-state index contributed by atoms with van der Waals surface area (Å²) < 4.78 is 13.4. The molecule has 0 saturated heterocycles. The van der Waals surface area contributed by atoms with E-state index in [0.29, 0.717) is 23.7 Å². The van der Waals surface area contributed by atoms with Gasteiger partial charge < -0.3 is 5.32 Å². The van der Waals surface area contributed by atoms with Crippen LogP contribution in [0.1, 0.15) is 30.9 Å². The van der Waals surface area contributed by atoms with Crippen molar-refractivity contribution < 1.29 is 4.39 Å². The maximum Gasteiger partial charge on any atom is 0.127 e. The van der Waals surface area contributed by atoms with Crippen LogP contribution >= 0.6 is 0 Å². The van der Waals surface area contributed by atoms with E-state index in [1.165, 1.54) is 25.0 Å². The van der Waals surface area contributed by atoms with Crippen LogP contribution in [0.25, 0.3) is 0 Å². The van der Waals surface area contributed by atoms with Gasteiger partial charge in [-0.25, -0.2) is 4.39 Å². The van der Waals surface area contributed by atoms with E-state index in [4.69, 9.17) is 5.26 Å². The van der Waals surface area contributed by atoms with Crippen molar-refractivity contribution in [3.63, 3.8) is 0 Å². The van der Waals surface area contributed by atoms with Crippen molar-refractivity contribution in [3.05, 3.63) is 35.1 Å². The fourth-order valence-electron chi connectivity index (χ4n) is 1.97. The summed E-state index contributed by atoms with van der Waals surface area (Å²) in [5, 5.41) is 12.0. The molecule has 84 valence electrons. The molecule has 1 aliphatic carbocycles. The van der Waals surface area contributed by atoms with E-state index >= 15 is 0 Å². The highest BCUT2D eigenvalue weighted by Gasteiger charge is 2.34. The van der Waals surface area contributed by atoms with E-state index in [1.54, 1.807) is 6.07 Å². The van der Waals surface area contributed by atoms with Crippen LogP contribution in [0, 0.1) is 23.1 Å². The van der Waals surface area contributed by atoms with E-state index < -0.39 is 0 Å². The molecule has 1 saturated carbocycles. The topological polar surface area (TPSA) is 35.8 Å². The molecule has 0 aromatic heterocycles. The Morgan fingerprint density at radius 1 is 1.56 bits per heavy atom. The van der Waals surface area contributed by atoms with Crippen molar-refractivity contribution in [1.29, 1.82) is 5.26 Å². The molecular formula is C13H15FN2. The SMILES string of the molecule is CCC1CC1NCc1cc(C#N)ccc1F. The molecule has 1 aromatic rings. The fraction of sp³-hybridized carbons (Fsp3) is 0.462. The summed E-state index contributed by atoms with van der Waals surface area (Å²) in [6.45, 7) is 2.69. The summed E-state index contributed by atoms with van der Waals surface area (Å²) in [6.07, 6.45) is 2.37. The Labute approximate surface area is 95.1 Å². The average Bonchev–Trinajstić information content (AvgIpc) is 3.07. The molecule has 0 heterocycles. The van der Waals surface area contributed by atoms with Gasteiger partial charge in [-0.1, -0.05) is 13.3 Å². The summed E-state index contributed by atoms with van der Waals surface area (Å²) in [5.41, 5.74) is 1.10. The standard InChI is InChI=1S/C13H15FN2/c1-2-10-6-13(10)16-8-11-5-9(7-15)3-4-12(11)14/h3-5,10,13,16H,2,6,8H2,1H3. The van der Waals surface area contributed by atoms with Gasteiger partial charge in [0, 0.05) is 18.2 Å². The molecule has 16 heavy (non-hydrogen) atoms. The van der Waals surface area contributed by atoms with Gasteiger partial charge in [0.05, 0.1) is 11.6 Å². The molecule has 2 rings (SSSR count). The van der Waals surface area contributed by atoms with Crippen molar-refractivity contribution in [2.24, 2.45) is 5.92 Å². The Balaban J connectivity index is 1.96. The molecule has 2 unspecified atom stereocenters. The molecule has 1 aliphatic rings.